The van der Waals surface area contributed by atoms with Crippen molar-refractivity contribution < 1.29 is 14.3 Å². The molecule has 1 N–H and O–H groups in total. The van der Waals surface area contributed by atoms with Gasteiger partial charge in [-0.05, 0) is 67.6 Å². The van der Waals surface area contributed by atoms with Crippen molar-refractivity contribution >= 4 is 23.3 Å². The zero-order valence-electron chi connectivity index (χ0n) is 22.0. The summed E-state index contributed by atoms with van der Waals surface area (Å²) < 4.78 is 14.5. The van der Waals surface area contributed by atoms with Gasteiger partial charge in [0.25, 0.3) is 0 Å². The number of nitrogens with zero attached hydrogens (tertiary/aromatic N) is 5. The van der Waals surface area contributed by atoms with Gasteiger partial charge < -0.3 is 19.8 Å². The molecule has 1 aliphatic heterocycles. The molecule has 1 amide bonds. The lowest BCUT2D eigenvalue weighted by Gasteiger charge is -2.38. The number of benzene rings is 1. The molecule has 0 radical (unpaired) electrons. The molecule has 2 aromatic rings. The van der Waals surface area contributed by atoms with Gasteiger partial charge in [0.05, 0.1) is 22.7 Å². The minimum absolute atomic E-state index is 0.0553. The second kappa shape index (κ2) is 10.7. The van der Waals surface area contributed by atoms with Crippen LogP contribution in [-0.2, 0) is 4.79 Å². The summed E-state index contributed by atoms with van der Waals surface area (Å²) in [5.41, 5.74) is 2.47. The Balaban J connectivity index is 1.19. The number of hydrogen-bond donors (Lipinski definition) is 1. The quantitative estimate of drug-likeness (QED) is 0.508. The zero-order valence-corrected chi connectivity index (χ0v) is 22.8. The van der Waals surface area contributed by atoms with E-state index in [-0.39, 0.29) is 16.8 Å². The van der Waals surface area contributed by atoms with E-state index in [0.717, 1.165) is 42.0 Å². The van der Waals surface area contributed by atoms with Crippen LogP contribution in [0.15, 0.2) is 24.5 Å². The number of aromatic nitrogens is 2. The van der Waals surface area contributed by atoms with Gasteiger partial charge in [-0.2, -0.15) is 0 Å². The molecule has 9 heteroatoms. The second-order valence-electron chi connectivity index (χ2n) is 11.8. The van der Waals surface area contributed by atoms with Crippen molar-refractivity contribution in [2.75, 3.05) is 50.7 Å². The molecule has 1 aromatic heterocycles. The smallest absolute Gasteiger partial charge is 0.231 e. The molecular weight excluding hydrogens is 505 g/mol. The molecule has 3 unspecified atom stereocenters. The molecule has 6 rings (SSSR count). The minimum Gasteiger partial charge on any atom is -0.387 e. The number of halogens is 2. The molecule has 4 aliphatic rings. The van der Waals surface area contributed by atoms with Gasteiger partial charge in [-0.1, -0.05) is 24.6 Å². The fourth-order valence-corrected chi connectivity index (χ4v) is 6.30. The largest absolute Gasteiger partial charge is 0.387 e. The lowest BCUT2D eigenvalue weighted by atomic mass is 9.95. The number of rotatable bonds is 9. The van der Waals surface area contributed by atoms with Crippen molar-refractivity contribution in [2.24, 2.45) is 11.8 Å². The Morgan fingerprint density at radius 3 is 2.45 bits per heavy atom. The summed E-state index contributed by atoms with van der Waals surface area (Å²) in [6, 6.07) is 4.83. The fourth-order valence-electron chi connectivity index (χ4n) is 6.18. The van der Waals surface area contributed by atoms with Gasteiger partial charge in [0.1, 0.15) is 18.0 Å². The number of fused-ring (bicyclic) bond motifs is 1. The summed E-state index contributed by atoms with van der Waals surface area (Å²) in [6.07, 6.45) is 6.71. The average molecular weight is 542 g/mol. The van der Waals surface area contributed by atoms with Gasteiger partial charge in [0.2, 0.25) is 5.91 Å². The normalized spacial score (nSPS) is 24.1. The van der Waals surface area contributed by atoms with Crippen LogP contribution in [0.2, 0.25) is 5.02 Å². The van der Waals surface area contributed by atoms with Crippen LogP contribution in [0.4, 0.5) is 10.2 Å². The Morgan fingerprint density at radius 1 is 1.13 bits per heavy atom. The van der Waals surface area contributed by atoms with Crippen molar-refractivity contribution in [1.29, 1.82) is 0 Å². The maximum absolute atomic E-state index is 14.5. The van der Waals surface area contributed by atoms with Gasteiger partial charge in [0.15, 0.2) is 0 Å². The SMILES string of the molecule is CC1CC(O)c2ncnc(N3CCN(C(=O)C(CN(CC4CC4)CC4CC4)c4ccc(Cl)c(F)c4)CC3)c21. The van der Waals surface area contributed by atoms with Crippen molar-refractivity contribution in [3.05, 3.63) is 52.2 Å². The van der Waals surface area contributed by atoms with Gasteiger partial charge in [0, 0.05) is 51.4 Å². The van der Waals surface area contributed by atoms with Crippen LogP contribution in [0.3, 0.4) is 0 Å². The first-order chi connectivity index (χ1) is 18.4. The number of hydrogen-bond acceptors (Lipinski definition) is 6. The molecule has 3 fully saturated rings. The first kappa shape index (κ1) is 26.0. The number of aliphatic hydroxyl groups is 1. The average Bonchev–Trinajstić information content (AvgIpc) is 3.85. The molecule has 0 spiro atoms. The topological polar surface area (TPSA) is 72.8 Å². The molecule has 38 heavy (non-hydrogen) atoms. The van der Waals surface area contributed by atoms with Crippen molar-refractivity contribution in [3.8, 4) is 0 Å². The third kappa shape index (κ3) is 5.54. The van der Waals surface area contributed by atoms with E-state index < -0.39 is 17.8 Å². The van der Waals surface area contributed by atoms with E-state index in [2.05, 4.69) is 26.7 Å². The van der Waals surface area contributed by atoms with E-state index in [4.69, 9.17) is 11.6 Å². The third-order valence-corrected chi connectivity index (χ3v) is 8.99. The van der Waals surface area contributed by atoms with E-state index >= 15 is 0 Å². The fraction of sp³-hybridized carbons (Fsp3) is 0.621. The summed E-state index contributed by atoms with van der Waals surface area (Å²) in [5, 5.41) is 10.5. The Hall–Kier alpha value is -2.29. The van der Waals surface area contributed by atoms with Crippen molar-refractivity contribution in [1.82, 2.24) is 19.8 Å². The van der Waals surface area contributed by atoms with Gasteiger partial charge in [-0.15, -0.1) is 0 Å². The van der Waals surface area contributed by atoms with E-state index in [1.54, 1.807) is 6.07 Å². The highest BCUT2D eigenvalue weighted by molar-refractivity contribution is 6.30. The maximum Gasteiger partial charge on any atom is 0.231 e. The molecular formula is C29H37ClFN5O2. The molecule has 3 aliphatic carbocycles. The Labute approximate surface area is 229 Å². The first-order valence-corrected chi connectivity index (χ1v) is 14.5. The number of aliphatic hydroxyl groups excluding tert-OH is 1. The first-order valence-electron chi connectivity index (χ1n) is 14.1. The number of piperazine rings is 1. The lowest BCUT2D eigenvalue weighted by molar-refractivity contribution is -0.133. The van der Waals surface area contributed by atoms with Gasteiger partial charge >= 0.3 is 0 Å². The molecule has 3 atom stereocenters. The molecule has 1 saturated heterocycles. The van der Waals surface area contributed by atoms with Crippen LogP contribution in [0.5, 0.6) is 0 Å². The zero-order chi connectivity index (χ0) is 26.4. The minimum atomic E-state index is -0.542. The summed E-state index contributed by atoms with van der Waals surface area (Å²) in [6.45, 7) is 7.23. The summed E-state index contributed by atoms with van der Waals surface area (Å²) in [5.74, 6) is 1.68. The van der Waals surface area contributed by atoms with Crippen LogP contribution >= 0.6 is 11.6 Å². The van der Waals surface area contributed by atoms with Crippen LogP contribution in [0.1, 0.15) is 73.8 Å². The van der Waals surface area contributed by atoms with Crippen molar-refractivity contribution in [3.63, 3.8) is 0 Å². The van der Waals surface area contributed by atoms with E-state index in [1.165, 1.54) is 38.1 Å². The number of amides is 1. The number of carbonyl (C=O) groups excluding carboxylic acids is 1. The van der Waals surface area contributed by atoms with E-state index in [0.29, 0.717) is 44.7 Å². The summed E-state index contributed by atoms with van der Waals surface area (Å²) in [4.78, 5) is 29.5. The summed E-state index contributed by atoms with van der Waals surface area (Å²) >= 11 is 5.99. The molecule has 2 saturated carbocycles. The lowest BCUT2D eigenvalue weighted by Crippen LogP contribution is -2.51. The second-order valence-corrected chi connectivity index (χ2v) is 12.2. The molecule has 204 valence electrons. The highest BCUT2D eigenvalue weighted by Crippen LogP contribution is 2.43. The van der Waals surface area contributed by atoms with Crippen LogP contribution < -0.4 is 4.90 Å². The molecule has 7 nitrogen and oxygen atoms in total. The maximum atomic E-state index is 14.5. The van der Waals surface area contributed by atoms with Crippen LogP contribution in [-0.4, -0.2) is 76.6 Å². The Bertz CT molecular complexity index is 1170. The van der Waals surface area contributed by atoms with E-state index in [9.17, 15) is 14.3 Å². The highest BCUT2D eigenvalue weighted by atomic mass is 35.5. The van der Waals surface area contributed by atoms with Gasteiger partial charge in [-0.3, -0.25) is 4.79 Å². The predicted octanol–water partition coefficient (Wildman–Crippen LogP) is 4.36. The molecule has 0 bridgehead atoms. The highest BCUT2D eigenvalue weighted by Gasteiger charge is 2.37. The third-order valence-electron chi connectivity index (χ3n) is 8.68. The number of carbonyl (C=O) groups is 1. The Kier molecular flexibility index (Phi) is 7.31. The Morgan fingerprint density at radius 2 is 1.82 bits per heavy atom. The van der Waals surface area contributed by atoms with Crippen LogP contribution in [0.25, 0.3) is 0 Å². The van der Waals surface area contributed by atoms with Crippen LogP contribution in [0, 0.1) is 17.7 Å². The van der Waals surface area contributed by atoms with Crippen molar-refractivity contribution in [2.45, 2.75) is 57.0 Å². The molecule has 2 heterocycles. The monoisotopic (exact) mass is 541 g/mol. The standard InChI is InChI=1S/C29H37ClFN5O2/c1-18-12-25(37)27-26(18)28(33-17-32-27)35-8-10-36(11-9-35)29(38)22(21-6-7-23(30)24(31)13-21)16-34(14-19-2-3-19)15-20-4-5-20/h6-7,13,17-20,22,25,37H,2-5,8-12,14-16H2,1H3. The summed E-state index contributed by atoms with van der Waals surface area (Å²) in [7, 11) is 0. The predicted molar refractivity (Wildman–Crippen MR) is 145 cm³/mol. The number of anilines is 1. The van der Waals surface area contributed by atoms with E-state index in [1.807, 2.05) is 11.0 Å². The van der Waals surface area contributed by atoms with Gasteiger partial charge in [-0.25, -0.2) is 14.4 Å². The molecule has 1 aromatic carbocycles.